The third kappa shape index (κ3) is 3.17. The summed E-state index contributed by atoms with van der Waals surface area (Å²) in [5.41, 5.74) is 1.22. The molecule has 1 aromatic carbocycles. The molecule has 0 aliphatic carbocycles. The lowest BCUT2D eigenvalue weighted by atomic mass is 10.2. The molecule has 16 heavy (non-hydrogen) atoms. The summed E-state index contributed by atoms with van der Waals surface area (Å²) in [6.45, 7) is 0.541. The van der Waals surface area contributed by atoms with E-state index in [4.69, 9.17) is 16.3 Å². The molecule has 0 unspecified atom stereocenters. The van der Waals surface area contributed by atoms with Crippen LogP contribution in [-0.4, -0.2) is 21.8 Å². The number of ether oxygens (including phenoxy) is 1. The number of halogens is 1. The van der Waals surface area contributed by atoms with Crippen LogP contribution in [0.1, 0.15) is 5.56 Å². The smallest absolute Gasteiger partial charge is 0.246 e. The number of nitrogens with zero attached hydrogens (tertiary/aromatic N) is 3. The first-order chi connectivity index (χ1) is 7.84. The predicted molar refractivity (Wildman–Crippen MR) is 60.5 cm³/mol. The Bertz CT molecular complexity index is 450. The molecule has 2 aromatic rings. The topological polar surface area (TPSA) is 47.9 Å². The van der Waals surface area contributed by atoms with Gasteiger partial charge in [0.1, 0.15) is 6.20 Å². The molecule has 0 saturated carbocycles. The van der Waals surface area contributed by atoms with Crippen molar-refractivity contribution in [3.63, 3.8) is 0 Å². The molecule has 0 fully saturated rings. The SMILES string of the molecule is Clc1nncc(OCCc2ccccc2)n1. The first-order valence-corrected chi connectivity index (χ1v) is 5.24. The number of rotatable bonds is 4. The molecule has 4 nitrogen and oxygen atoms in total. The Morgan fingerprint density at radius 1 is 1.19 bits per heavy atom. The highest BCUT2D eigenvalue weighted by molar-refractivity contribution is 6.28. The first kappa shape index (κ1) is 10.8. The zero-order valence-electron chi connectivity index (χ0n) is 8.51. The van der Waals surface area contributed by atoms with Gasteiger partial charge in [-0.05, 0) is 17.2 Å². The summed E-state index contributed by atoms with van der Waals surface area (Å²) in [6, 6.07) is 10.1. The van der Waals surface area contributed by atoms with Crippen molar-refractivity contribution in [2.75, 3.05) is 6.61 Å². The second-order valence-corrected chi connectivity index (χ2v) is 3.49. The van der Waals surface area contributed by atoms with E-state index in [9.17, 15) is 0 Å². The third-order valence-corrected chi connectivity index (χ3v) is 2.15. The summed E-state index contributed by atoms with van der Waals surface area (Å²) in [4.78, 5) is 3.87. The Kier molecular flexibility index (Phi) is 3.66. The zero-order chi connectivity index (χ0) is 11.2. The van der Waals surface area contributed by atoms with Crippen LogP contribution in [0.15, 0.2) is 36.5 Å². The van der Waals surface area contributed by atoms with Crippen molar-refractivity contribution in [3.8, 4) is 5.88 Å². The standard InChI is InChI=1S/C11H10ClN3O/c12-11-14-10(8-13-15-11)16-7-6-9-4-2-1-3-5-9/h1-5,8H,6-7H2. The van der Waals surface area contributed by atoms with Crippen molar-refractivity contribution in [2.45, 2.75) is 6.42 Å². The molecular formula is C11H10ClN3O. The maximum absolute atomic E-state index is 5.58. The fourth-order valence-electron chi connectivity index (χ4n) is 1.26. The molecule has 1 heterocycles. The van der Waals surface area contributed by atoms with Crippen molar-refractivity contribution in [1.29, 1.82) is 0 Å². The predicted octanol–water partition coefficient (Wildman–Crippen LogP) is 2.15. The molecular weight excluding hydrogens is 226 g/mol. The zero-order valence-corrected chi connectivity index (χ0v) is 9.26. The van der Waals surface area contributed by atoms with E-state index < -0.39 is 0 Å². The molecule has 0 aliphatic rings. The monoisotopic (exact) mass is 235 g/mol. The molecule has 0 radical (unpaired) electrons. The number of hydrogen-bond donors (Lipinski definition) is 0. The highest BCUT2D eigenvalue weighted by Gasteiger charge is 1.98. The lowest BCUT2D eigenvalue weighted by Crippen LogP contribution is -2.03. The summed E-state index contributed by atoms with van der Waals surface area (Å²) >= 11 is 5.58. The highest BCUT2D eigenvalue weighted by atomic mass is 35.5. The van der Waals surface area contributed by atoms with Gasteiger partial charge in [-0.3, -0.25) is 0 Å². The molecule has 0 spiro atoms. The van der Waals surface area contributed by atoms with Crippen LogP contribution in [0.2, 0.25) is 5.28 Å². The van der Waals surface area contributed by atoms with Crippen molar-refractivity contribution in [3.05, 3.63) is 47.4 Å². The van der Waals surface area contributed by atoms with Gasteiger partial charge in [0.25, 0.3) is 0 Å². The Labute approximate surface area is 98.3 Å². The van der Waals surface area contributed by atoms with Crippen LogP contribution in [0, 0.1) is 0 Å². The van der Waals surface area contributed by atoms with Gasteiger partial charge in [0, 0.05) is 6.42 Å². The van der Waals surface area contributed by atoms with Gasteiger partial charge in [-0.15, -0.1) is 5.10 Å². The van der Waals surface area contributed by atoms with Crippen LogP contribution >= 0.6 is 11.6 Å². The van der Waals surface area contributed by atoms with Gasteiger partial charge in [0.15, 0.2) is 0 Å². The molecule has 1 aromatic heterocycles. The van der Waals surface area contributed by atoms with Crippen molar-refractivity contribution in [1.82, 2.24) is 15.2 Å². The van der Waals surface area contributed by atoms with E-state index in [0.717, 1.165) is 6.42 Å². The van der Waals surface area contributed by atoms with E-state index in [1.807, 2.05) is 18.2 Å². The number of aromatic nitrogens is 3. The van der Waals surface area contributed by atoms with Gasteiger partial charge in [0.05, 0.1) is 6.61 Å². The quantitative estimate of drug-likeness (QED) is 0.815. The Morgan fingerprint density at radius 2 is 2.00 bits per heavy atom. The average Bonchev–Trinajstić information content (AvgIpc) is 2.30. The lowest BCUT2D eigenvalue weighted by molar-refractivity contribution is 0.307. The van der Waals surface area contributed by atoms with Crippen LogP contribution < -0.4 is 4.74 Å². The summed E-state index contributed by atoms with van der Waals surface area (Å²) in [5, 5.41) is 7.27. The van der Waals surface area contributed by atoms with Gasteiger partial charge in [0.2, 0.25) is 11.2 Å². The first-order valence-electron chi connectivity index (χ1n) is 4.86. The van der Waals surface area contributed by atoms with Gasteiger partial charge < -0.3 is 4.74 Å². The third-order valence-electron chi connectivity index (χ3n) is 1.99. The second kappa shape index (κ2) is 5.42. The van der Waals surface area contributed by atoms with E-state index in [2.05, 4.69) is 27.3 Å². The minimum atomic E-state index is 0.0946. The van der Waals surface area contributed by atoms with Gasteiger partial charge in [-0.2, -0.15) is 10.1 Å². The van der Waals surface area contributed by atoms with Crippen molar-refractivity contribution >= 4 is 11.6 Å². The molecule has 2 rings (SSSR count). The van der Waals surface area contributed by atoms with Gasteiger partial charge >= 0.3 is 0 Å². The fourth-order valence-corrected chi connectivity index (χ4v) is 1.38. The van der Waals surface area contributed by atoms with Gasteiger partial charge in [-0.1, -0.05) is 30.3 Å². The van der Waals surface area contributed by atoms with Crippen LogP contribution in [-0.2, 0) is 6.42 Å². The van der Waals surface area contributed by atoms with E-state index >= 15 is 0 Å². The van der Waals surface area contributed by atoms with E-state index in [-0.39, 0.29) is 5.28 Å². The average molecular weight is 236 g/mol. The molecule has 0 amide bonds. The minimum Gasteiger partial charge on any atom is -0.476 e. The van der Waals surface area contributed by atoms with Crippen molar-refractivity contribution < 1.29 is 4.74 Å². The van der Waals surface area contributed by atoms with Crippen molar-refractivity contribution in [2.24, 2.45) is 0 Å². The van der Waals surface area contributed by atoms with Crippen LogP contribution in [0.5, 0.6) is 5.88 Å². The largest absolute Gasteiger partial charge is 0.476 e. The maximum Gasteiger partial charge on any atom is 0.246 e. The molecule has 0 atom stereocenters. The summed E-state index contributed by atoms with van der Waals surface area (Å²) < 4.78 is 5.39. The molecule has 82 valence electrons. The lowest BCUT2D eigenvalue weighted by Gasteiger charge is -2.04. The molecule has 0 bridgehead atoms. The molecule has 0 N–H and O–H groups in total. The van der Waals surface area contributed by atoms with Gasteiger partial charge in [-0.25, -0.2) is 0 Å². The number of benzene rings is 1. The Morgan fingerprint density at radius 3 is 2.75 bits per heavy atom. The van der Waals surface area contributed by atoms with E-state index in [1.165, 1.54) is 11.8 Å². The normalized spacial score (nSPS) is 10.1. The minimum absolute atomic E-state index is 0.0946. The Hall–Kier alpha value is -1.68. The van der Waals surface area contributed by atoms with E-state index in [0.29, 0.717) is 12.5 Å². The van der Waals surface area contributed by atoms with E-state index in [1.54, 1.807) is 0 Å². The fraction of sp³-hybridized carbons (Fsp3) is 0.182. The second-order valence-electron chi connectivity index (χ2n) is 3.15. The molecule has 0 aliphatic heterocycles. The molecule has 5 heteroatoms. The highest BCUT2D eigenvalue weighted by Crippen LogP contribution is 2.07. The van der Waals surface area contributed by atoms with Crippen LogP contribution in [0.25, 0.3) is 0 Å². The van der Waals surface area contributed by atoms with Crippen LogP contribution in [0.3, 0.4) is 0 Å². The molecule has 0 saturated heterocycles. The number of hydrogen-bond acceptors (Lipinski definition) is 4. The van der Waals surface area contributed by atoms with Crippen LogP contribution in [0.4, 0.5) is 0 Å². The summed E-state index contributed by atoms with van der Waals surface area (Å²) in [5.74, 6) is 0.399. The Balaban J connectivity index is 1.85. The maximum atomic E-state index is 5.58. The summed E-state index contributed by atoms with van der Waals surface area (Å²) in [7, 11) is 0. The summed E-state index contributed by atoms with van der Waals surface area (Å²) in [6.07, 6.45) is 2.26.